The number of hydrogen-bond acceptors (Lipinski definition) is 4. The maximum Gasteiger partial charge on any atom is 0.190 e. The van der Waals surface area contributed by atoms with E-state index in [9.17, 15) is 4.39 Å². The lowest BCUT2D eigenvalue weighted by Gasteiger charge is -2.30. The zero-order valence-corrected chi connectivity index (χ0v) is 16.8. The van der Waals surface area contributed by atoms with E-state index in [-0.39, 0.29) is 5.82 Å². The van der Waals surface area contributed by atoms with Gasteiger partial charge in [0.1, 0.15) is 5.82 Å². The van der Waals surface area contributed by atoms with Gasteiger partial charge in [-0.15, -0.1) is 0 Å². The number of aromatic nitrogens is 1. The number of anilines is 2. The SMILES string of the molecule is N/N=C1/c2cc(-c3ccc(F)cc3)cn2Cc2cc(N3CCCCC3)ccc2N1N. The van der Waals surface area contributed by atoms with Crippen molar-refractivity contribution in [2.45, 2.75) is 25.8 Å². The molecule has 0 unspecified atom stereocenters. The molecular formula is C23H25FN6. The zero-order valence-electron chi connectivity index (χ0n) is 16.8. The van der Waals surface area contributed by atoms with Crippen LogP contribution in [0.1, 0.15) is 30.5 Å². The van der Waals surface area contributed by atoms with Crippen molar-refractivity contribution in [2.75, 3.05) is 23.0 Å². The molecule has 0 aliphatic carbocycles. The molecule has 1 fully saturated rings. The van der Waals surface area contributed by atoms with Gasteiger partial charge in [0, 0.05) is 37.1 Å². The number of hydrogen-bond donors (Lipinski definition) is 2. The van der Waals surface area contributed by atoms with Crippen molar-refractivity contribution in [3.05, 3.63) is 71.8 Å². The van der Waals surface area contributed by atoms with Crippen LogP contribution in [0.2, 0.25) is 0 Å². The first kappa shape index (κ1) is 18.7. The Labute approximate surface area is 175 Å². The highest BCUT2D eigenvalue weighted by molar-refractivity contribution is 6.09. The van der Waals surface area contributed by atoms with Gasteiger partial charge in [-0.25, -0.2) is 10.2 Å². The van der Waals surface area contributed by atoms with E-state index in [0.29, 0.717) is 12.4 Å². The summed E-state index contributed by atoms with van der Waals surface area (Å²) in [4.78, 5) is 2.44. The van der Waals surface area contributed by atoms with E-state index in [1.807, 2.05) is 12.3 Å². The maximum atomic E-state index is 13.3. The molecule has 2 aliphatic rings. The summed E-state index contributed by atoms with van der Waals surface area (Å²) in [5.74, 6) is 12.4. The predicted octanol–water partition coefficient (Wildman–Crippen LogP) is 3.65. The van der Waals surface area contributed by atoms with Crippen molar-refractivity contribution in [2.24, 2.45) is 16.8 Å². The third kappa shape index (κ3) is 3.21. The quantitative estimate of drug-likeness (QED) is 0.505. The Bertz CT molecular complexity index is 1100. The average molecular weight is 404 g/mol. The van der Waals surface area contributed by atoms with Crippen molar-refractivity contribution in [1.29, 1.82) is 0 Å². The molecule has 5 rings (SSSR count). The Morgan fingerprint density at radius 3 is 2.40 bits per heavy atom. The summed E-state index contributed by atoms with van der Waals surface area (Å²) in [6, 6.07) is 14.9. The first-order valence-electron chi connectivity index (χ1n) is 10.3. The summed E-state index contributed by atoms with van der Waals surface area (Å²) in [7, 11) is 0. The molecule has 154 valence electrons. The van der Waals surface area contributed by atoms with Crippen LogP contribution >= 0.6 is 0 Å². The monoisotopic (exact) mass is 404 g/mol. The number of amidine groups is 1. The lowest BCUT2D eigenvalue weighted by Crippen LogP contribution is -2.39. The Balaban J connectivity index is 1.57. The van der Waals surface area contributed by atoms with E-state index in [1.54, 1.807) is 17.1 Å². The van der Waals surface area contributed by atoms with Gasteiger partial charge in [0.05, 0.1) is 11.4 Å². The third-order valence-electron chi connectivity index (χ3n) is 6.04. The Morgan fingerprint density at radius 1 is 0.900 bits per heavy atom. The van der Waals surface area contributed by atoms with Gasteiger partial charge in [-0.3, -0.25) is 5.01 Å². The number of hydrazone groups is 1. The van der Waals surface area contributed by atoms with Crippen LogP contribution in [-0.4, -0.2) is 23.5 Å². The first-order chi connectivity index (χ1) is 14.6. The summed E-state index contributed by atoms with van der Waals surface area (Å²) >= 11 is 0. The Hall–Kier alpha value is -3.32. The van der Waals surface area contributed by atoms with Crippen LogP contribution in [-0.2, 0) is 6.54 Å². The molecule has 0 atom stereocenters. The van der Waals surface area contributed by atoms with Gasteiger partial charge < -0.3 is 15.3 Å². The molecule has 1 aromatic heterocycles. The lowest BCUT2D eigenvalue weighted by molar-refractivity contribution is 0.577. The van der Waals surface area contributed by atoms with Crippen LogP contribution in [0.25, 0.3) is 11.1 Å². The van der Waals surface area contributed by atoms with E-state index >= 15 is 0 Å². The maximum absolute atomic E-state index is 13.3. The molecule has 30 heavy (non-hydrogen) atoms. The van der Waals surface area contributed by atoms with Crippen molar-refractivity contribution in [3.63, 3.8) is 0 Å². The van der Waals surface area contributed by atoms with E-state index in [0.717, 1.165) is 41.2 Å². The summed E-state index contributed by atoms with van der Waals surface area (Å²) in [6.07, 6.45) is 5.80. The minimum absolute atomic E-state index is 0.254. The number of benzene rings is 2. The van der Waals surface area contributed by atoms with E-state index in [4.69, 9.17) is 11.7 Å². The van der Waals surface area contributed by atoms with Gasteiger partial charge in [-0.05, 0) is 66.8 Å². The molecule has 1 saturated heterocycles. The fourth-order valence-corrected chi connectivity index (χ4v) is 4.46. The fraction of sp³-hybridized carbons (Fsp3) is 0.261. The fourth-order valence-electron chi connectivity index (χ4n) is 4.46. The Morgan fingerprint density at radius 2 is 1.67 bits per heavy atom. The topological polar surface area (TPSA) is 75.8 Å². The zero-order chi connectivity index (χ0) is 20.7. The molecule has 0 saturated carbocycles. The van der Waals surface area contributed by atoms with Gasteiger partial charge in [0.2, 0.25) is 0 Å². The second-order valence-electron chi connectivity index (χ2n) is 7.93. The van der Waals surface area contributed by atoms with Gasteiger partial charge in [-0.1, -0.05) is 12.1 Å². The van der Waals surface area contributed by atoms with E-state index in [2.05, 4.69) is 32.8 Å². The second kappa shape index (κ2) is 7.50. The molecule has 3 heterocycles. The van der Waals surface area contributed by atoms with Crippen molar-refractivity contribution >= 4 is 17.2 Å². The molecule has 0 bridgehead atoms. The van der Waals surface area contributed by atoms with Crippen LogP contribution < -0.4 is 21.6 Å². The van der Waals surface area contributed by atoms with Crippen LogP contribution in [0.4, 0.5) is 15.8 Å². The molecule has 3 aromatic rings. The first-order valence-corrected chi connectivity index (χ1v) is 10.3. The smallest absolute Gasteiger partial charge is 0.190 e. The molecule has 4 N–H and O–H groups in total. The summed E-state index contributed by atoms with van der Waals surface area (Å²) < 4.78 is 15.4. The summed E-state index contributed by atoms with van der Waals surface area (Å²) in [6.45, 7) is 2.83. The standard InChI is InChI=1S/C23H25FN6/c24-19-6-4-16(5-7-19)17-13-22-23(27-25)30(26)21-9-8-20(28-10-2-1-3-11-28)12-18(21)15-29(22)14-17/h4-9,12-14H,1-3,10-11,15,25-26H2/b27-23-. The molecule has 6 nitrogen and oxygen atoms in total. The normalized spacial score (nSPS) is 17.6. The molecule has 7 heteroatoms. The summed E-state index contributed by atoms with van der Waals surface area (Å²) in [5.41, 5.74) is 5.96. The molecule has 0 spiro atoms. The number of nitrogens with zero attached hydrogens (tertiary/aromatic N) is 4. The number of piperidine rings is 1. The van der Waals surface area contributed by atoms with Crippen LogP contribution in [0.15, 0.2) is 59.8 Å². The number of nitrogens with two attached hydrogens (primary N) is 2. The van der Waals surface area contributed by atoms with E-state index < -0.39 is 0 Å². The van der Waals surface area contributed by atoms with Crippen LogP contribution in [0, 0.1) is 5.82 Å². The second-order valence-corrected chi connectivity index (χ2v) is 7.93. The van der Waals surface area contributed by atoms with E-state index in [1.165, 1.54) is 37.1 Å². The van der Waals surface area contributed by atoms with Crippen molar-refractivity contribution in [3.8, 4) is 11.1 Å². The summed E-state index contributed by atoms with van der Waals surface area (Å²) in [5, 5.41) is 5.55. The van der Waals surface area contributed by atoms with Crippen molar-refractivity contribution < 1.29 is 4.39 Å². The highest BCUT2D eigenvalue weighted by Crippen LogP contribution is 2.33. The number of hydrazine groups is 1. The largest absolute Gasteiger partial charge is 0.372 e. The highest BCUT2D eigenvalue weighted by atomic mass is 19.1. The molecular weight excluding hydrogens is 379 g/mol. The molecule has 2 aliphatic heterocycles. The minimum Gasteiger partial charge on any atom is -0.372 e. The number of fused-ring (bicyclic) bond motifs is 2. The number of rotatable bonds is 2. The van der Waals surface area contributed by atoms with Crippen molar-refractivity contribution in [1.82, 2.24) is 4.57 Å². The van der Waals surface area contributed by atoms with Gasteiger partial charge in [0.25, 0.3) is 0 Å². The van der Waals surface area contributed by atoms with Gasteiger partial charge >= 0.3 is 0 Å². The molecule has 0 amide bonds. The minimum atomic E-state index is -0.254. The average Bonchev–Trinajstić information content (AvgIpc) is 3.14. The number of halogens is 1. The van der Waals surface area contributed by atoms with Gasteiger partial charge in [0.15, 0.2) is 5.84 Å². The molecule has 2 aromatic carbocycles. The van der Waals surface area contributed by atoms with Gasteiger partial charge in [-0.2, -0.15) is 5.10 Å². The third-order valence-corrected chi connectivity index (χ3v) is 6.04. The Kier molecular flexibility index (Phi) is 4.67. The van der Waals surface area contributed by atoms with Crippen LogP contribution in [0.5, 0.6) is 0 Å². The van der Waals surface area contributed by atoms with Crippen LogP contribution in [0.3, 0.4) is 0 Å². The molecule has 0 radical (unpaired) electrons. The lowest BCUT2D eigenvalue weighted by atomic mass is 10.1. The highest BCUT2D eigenvalue weighted by Gasteiger charge is 2.25. The predicted molar refractivity (Wildman–Crippen MR) is 119 cm³/mol.